The quantitative estimate of drug-likeness (QED) is 0.551. The van der Waals surface area contributed by atoms with Crippen molar-refractivity contribution in [2.45, 2.75) is 18.5 Å². The molecule has 1 heterocycles. The zero-order chi connectivity index (χ0) is 19.3. The van der Waals surface area contributed by atoms with Gasteiger partial charge in [-0.2, -0.15) is 0 Å². The van der Waals surface area contributed by atoms with Gasteiger partial charge in [0, 0.05) is 5.69 Å². The van der Waals surface area contributed by atoms with Crippen molar-refractivity contribution in [2.75, 3.05) is 12.0 Å². The normalized spacial score (nSPS) is 16.3. The van der Waals surface area contributed by atoms with E-state index in [1.165, 1.54) is 12.7 Å². The number of carbonyl (C=O) groups is 1. The third-order valence-corrected chi connectivity index (χ3v) is 5.22. The lowest BCUT2D eigenvalue weighted by atomic mass is 9.91. The minimum Gasteiger partial charge on any atom is -0.469 e. The minimum atomic E-state index is -0.215. The lowest BCUT2D eigenvalue weighted by molar-refractivity contribution is -0.141. The van der Waals surface area contributed by atoms with Crippen molar-refractivity contribution < 1.29 is 9.53 Å². The maximum atomic E-state index is 12.3. The zero-order valence-corrected chi connectivity index (χ0v) is 15.9. The zero-order valence-electron chi connectivity index (χ0n) is 15.9. The van der Waals surface area contributed by atoms with Gasteiger partial charge in [0.25, 0.3) is 0 Å². The number of benzene rings is 3. The number of esters is 1. The van der Waals surface area contributed by atoms with Gasteiger partial charge in [-0.1, -0.05) is 91.0 Å². The Bertz CT molecular complexity index is 966. The first kappa shape index (κ1) is 18.1. The van der Waals surface area contributed by atoms with Crippen LogP contribution in [-0.2, 0) is 9.53 Å². The summed E-state index contributed by atoms with van der Waals surface area (Å²) in [5.41, 5.74) is 4.56. The first-order valence-corrected chi connectivity index (χ1v) is 9.50. The summed E-state index contributed by atoms with van der Waals surface area (Å²) < 4.78 is 5.04. The summed E-state index contributed by atoms with van der Waals surface area (Å²) in [5.74, 6) is -0.215. The number of anilines is 1. The summed E-state index contributed by atoms with van der Waals surface area (Å²) in [5, 5.41) is 0. The molecule has 1 aliphatic rings. The molecule has 0 aromatic heterocycles. The Morgan fingerprint density at radius 3 is 2.29 bits per heavy atom. The number of rotatable bonds is 5. The van der Waals surface area contributed by atoms with E-state index in [2.05, 4.69) is 65.6 Å². The van der Waals surface area contributed by atoms with Gasteiger partial charge in [-0.25, -0.2) is 0 Å². The van der Waals surface area contributed by atoms with E-state index in [9.17, 15) is 4.79 Å². The molecule has 1 aliphatic heterocycles. The van der Waals surface area contributed by atoms with Crippen LogP contribution in [0.15, 0.2) is 91.0 Å². The molecule has 140 valence electrons. The van der Waals surface area contributed by atoms with E-state index in [0.29, 0.717) is 0 Å². The van der Waals surface area contributed by atoms with Crippen LogP contribution in [0.3, 0.4) is 0 Å². The van der Waals surface area contributed by atoms with Crippen molar-refractivity contribution in [3.63, 3.8) is 0 Å². The van der Waals surface area contributed by atoms with Gasteiger partial charge in [-0.3, -0.25) is 4.79 Å². The molecule has 3 nitrogen and oxygen atoms in total. The predicted molar refractivity (Wildman–Crippen MR) is 113 cm³/mol. The third kappa shape index (κ3) is 3.56. The van der Waals surface area contributed by atoms with Crippen LogP contribution in [-0.4, -0.2) is 13.1 Å². The van der Waals surface area contributed by atoms with Crippen LogP contribution in [0, 0.1) is 0 Å². The maximum absolute atomic E-state index is 12.3. The SMILES string of the molecule is COC(=O)C[C@@H](c1ccccc1)N1c2ccccc2C=C[C@@H]1c1ccccc1. The topological polar surface area (TPSA) is 29.5 Å². The molecule has 0 unspecified atom stereocenters. The summed E-state index contributed by atoms with van der Waals surface area (Å²) in [6.07, 6.45) is 4.67. The standard InChI is InChI=1S/C25H23NO2/c1-28-25(27)18-24(20-12-6-3-7-13-20)26-22-15-9-8-14-21(22)16-17-23(26)19-10-4-2-5-11-19/h2-17,23-24H,18H2,1H3/t23-,24+/m1/s1. The molecule has 28 heavy (non-hydrogen) atoms. The third-order valence-electron chi connectivity index (χ3n) is 5.22. The summed E-state index contributed by atoms with van der Waals surface area (Å²) in [6.45, 7) is 0. The van der Waals surface area contributed by atoms with Crippen LogP contribution in [0.1, 0.15) is 35.2 Å². The highest BCUT2D eigenvalue weighted by Crippen LogP contribution is 2.43. The van der Waals surface area contributed by atoms with Crippen LogP contribution in [0.25, 0.3) is 6.08 Å². The largest absolute Gasteiger partial charge is 0.469 e. The van der Waals surface area contributed by atoms with Gasteiger partial charge in [-0.05, 0) is 22.8 Å². The molecule has 0 radical (unpaired) electrons. The molecule has 0 saturated heterocycles. The summed E-state index contributed by atoms with van der Waals surface area (Å²) >= 11 is 0. The molecule has 3 aromatic carbocycles. The van der Waals surface area contributed by atoms with E-state index in [1.807, 2.05) is 36.4 Å². The second-order valence-electron chi connectivity index (χ2n) is 6.89. The number of nitrogens with zero attached hydrogens (tertiary/aromatic N) is 1. The number of fused-ring (bicyclic) bond motifs is 1. The second-order valence-corrected chi connectivity index (χ2v) is 6.89. The Morgan fingerprint density at radius 2 is 1.57 bits per heavy atom. The van der Waals surface area contributed by atoms with Gasteiger partial charge in [-0.15, -0.1) is 0 Å². The van der Waals surface area contributed by atoms with Crippen LogP contribution in [0.4, 0.5) is 5.69 Å². The Labute approximate surface area is 165 Å². The van der Waals surface area contributed by atoms with Gasteiger partial charge in [0.05, 0.1) is 25.6 Å². The molecule has 0 aliphatic carbocycles. The fraction of sp³-hybridized carbons (Fsp3) is 0.160. The Kier molecular flexibility index (Phi) is 5.24. The average molecular weight is 369 g/mol. The molecule has 4 rings (SSSR count). The van der Waals surface area contributed by atoms with Crippen LogP contribution in [0.2, 0.25) is 0 Å². The lowest BCUT2D eigenvalue weighted by Gasteiger charge is -2.42. The molecular formula is C25H23NO2. The Balaban J connectivity index is 1.86. The van der Waals surface area contributed by atoms with E-state index in [-0.39, 0.29) is 24.5 Å². The molecule has 3 aromatic rings. The van der Waals surface area contributed by atoms with Crippen molar-refractivity contribution in [1.29, 1.82) is 0 Å². The van der Waals surface area contributed by atoms with Crippen LogP contribution >= 0.6 is 0 Å². The van der Waals surface area contributed by atoms with Crippen molar-refractivity contribution in [3.05, 3.63) is 108 Å². The van der Waals surface area contributed by atoms with E-state index in [0.717, 1.165) is 16.8 Å². The number of hydrogen-bond donors (Lipinski definition) is 0. The van der Waals surface area contributed by atoms with Gasteiger partial charge in [0.15, 0.2) is 0 Å². The monoisotopic (exact) mass is 369 g/mol. The molecule has 2 atom stereocenters. The maximum Gasteiger partial charge on any atom is 0.307 e. The molecule has 0 bridgehead atoms. The highest BCUT2D eigenvalue weighted by atomic mass is 16.5. The summed E-state index contributed by atoms with van der Waals surface area (Å²) in [4.78, 5) is 14.7. The Morgan fingerprint density at radius 1 is 0.929 bits per heavy atom. The number of ether oxygens (including phenoxy) is 1. The molecule has 0 fully saturated rings. The summed E-state index contributed by atoms with van der Waals surface area (Å²) in [6, 6.07) is 28.8. The second kappa shape index (κ2) is 8.13. The predicted octanol–water partition coefficient (Wildman–Crippen LogP) is 5.57. The van der Waals surface area contributed by atoms with E-state index >= 15 is 0 Å². The first-order chi connectivity index (χ1) is 13.8. The van der Waals surface area contributed by atoms with E-state index in [4.69, 9.17) is 4.74 Å². The fourth-order valence-corrected chi connectivity index (χ4v) is 3.88. The first-order valence-electron chi connectivity index (χ1n) is 9.50. The van der Waals surface area contributed by atoms with E-state index < -0.39 is 0 Å². The number of carbonyl (C=O) groups excluding carboxylic acids is 1. The Hall–Kier alpha value is -3.33. The van der Waals surface area contributed by atoms with Crippen molar-refractivity contribution in [3.8, 4) is 0 Å². The van der Waals surface area contributed by atoms with Crippen LogP contribution < -0.4 is 4.90 Å². The fourth-order valence-electron chi connectivity index (χ4n) is 3.88. The highest BCUT2D eigenvalue weighted by Gasteiger charge is 2.32. The van der Waals surface area contributed by atoms with Gasteiger partial charge in [0.1, 0.15) is 0 Å². The number of para-hydroxylation sites is 1. The molecule has 0 spiro atoms. The van der Waals surface area contributed by atoms with Crippen molar-refractivity contribution >= 4 is 17.7 Å². The van der Waals surface area contributed by atoms with E-state index in [1.54, 1.807) is 0 Å². The molecule has 3 heteroatoms. The molecule has 0 saturated carbocycles. The minimum absolute atomic E-state index is 0.0333. The van der Waals surface area contributed by atoms with Crippen LogP contribution in [0.5, 0.6) is 0 Å². The smallest absolute Gasteiger partial charge is 0.307 e. The number of methoxy groups -OCH3 is 1. The number of hydrogen-bond acceptors (Lipinski definition) is 3. The van der Waals surface area contributed by atoms with Gasteiger partial charge >= 0.3 is 5.97 Å². The van der Waals surface area contributed by atoms with Gasteiger partial charge < -0.3 is 9.64 Å². The van der Waals surface area contributed by atoms with Gasteiger partial charge in [0.2, 0.25) is 0 Å². The molecule has 0 amide bonds. The summed E-state index contributed by atoms with van der Waals surface area (Å²) in [7, 11) is 1.45. The average Bonchev–Trinajstić information content (AvgIpc) is 2.78. The molecular weight excluding hydrogens is 346 g/mol. The van der Waals surface area contributed by atoms with Crippen molar-refractivity contribution in [1.82, 2.24) is 0 Å². The lowest BCUT2D eigenvalue weighted by Crippen LogP contribution is -2.35. The van der Waals surface area contributed by atoms with Crippen molar-refractivity contribution in [2.24, 2.45) is 0 Å². The highest BCUT2D eigenvalue weighted by molar-refractivity contribution is 5.76. The molecule has 0 N–H and O–H groups in total.